The number of nitrogens with two attached hydrogens (primary N) is 1. The van der Waals surface area contributed by atoms with E-state index in [2.05, 4.69) is 15.5 Å². The fourth-order valence-corrected chi connectivity index (χ4v) is 3.90. The van der Waals surface area contributed by atoms with E-state index in [1.807, 2.05) is 36.4 Å². The van der Waals surface area contributed by atoms with E-state index in [4.69, 9.17) is 38.2 Å². The molecule has 1 atom stereocenters. The molecule has 2 aromatic carbocycles. The number of carbonyl (C=O) groups excluding carboxylic acids is 2. The Labute approximate surface area is 245 Å². The summed E-state index contributed by atoms with van der Waals surface area (Å²) >= 11 is 12.0. The Bertz CT molecular complexity index is 1230. The normalized spacial score (nSPS) is 11.9. The minimum Gasteiger partial charge on any atom is -0.493 e. The van der Waals surface area contributed by atoms with Gasteiger partial charge in [0.2, 0.25) is 23.4 Å². The van der Waals surface area contributed by atoms with Crippen molar-refractivity contribution in [2.45, 2.75) is 58.9 Å². The molecule has 0 radical (unpaired) electrons. The number of hydrogen-bond donors (Lipinski definition) is 2. The molecule has 0 aliphatic heterocycles. The zero-order valence-electron chi connectivity index (χ0n) is 22.3. The van der Waals surface area contributed by atoms with E-state index in [0.29, 0.717) is 54.8 Å². The van der Waals surface area contributed by atoms with Gasteiger partial charge in [-0.25, -0.2) is 0 Å². The Morgan fingerprint density at radius 2 is 1.74 bits per heavy atom. The van der Waals surface area contributed by atoms with Gasteiger partial charge < -0.3 is 20.3 Å². The number of unbranched alkanes of at least 4 members (excludes halogenated alkanes) is 1. The molecule has 1 amide bonds. The van der Waals surface area contributed by atoms with E-state index in [-0.39, 0.29) is 29.9 Å². The molecular formula is C28H35Cl3N4O4. The third-order valence-corrected chi connectivity index (χ3v) is 6.60. The fourth-order valence-electron chi connectivity index (χ4n) is 3.58. The molecule has 0 saturated heterocycles. The molecule has 0 aliphatic rings. The molecule has 0 bridgehead atoms. The largest absolute Gasteiger partial charge is 0.493 e. The SMILES string of the molecule is CC(C)(C)C(=O)N[C@@H](CCCCN)C(=O)c1noc(Cc2ccc(OCCc3ccc(Cl)c(Cl)c3)cc2)n1.Cl. The van der Waals surface area contributed by atoms with Gasteiger partial charge in [0, 0.05) is 11.8 Å². The van der Waals surface area contributed by atoms with Gasteiger partial charge in [-0.15, -0.1) is 12.4 Å². The molecule has 11 heteroatoms. The van der Waals surface area contributed by atoms with Gasteiger partial charge in [-0.2, -0.15) is 4.98 Å². The van der Waals surface area contributed by atoms with Crippen molar-refractivity contribution in [2.24, 2.45) is 11.1 Å². The summed E-state index contributed by atoms with van der Waals surface area (Å²) in [6.07, 6.45) is 2.96. The molecule has 3 N–H and O–H groups in total. The van der Waals surface area contributed by atoms with Crippen molar-refractivity contribution in [1.29, 1.82) is 0 Å². The summed E-state index contributed by atoms with van der Waals surface area (Å²) in [5, 5.41) is 7.76. The summed E-state index contributed by atoms with van der Waals surface area (Å²) < 4.78 is 11.2. The van der Waals surface area contributed by atoms with E-state index in [9.17, 15) is 9.59 Å². The summed E-state index contributed by atoms with van der Waals surface area (Å²) in [4.78, 5) is 29.9. The number of amides is 1. The molecule has 1 aromatic heterocycles. The number of carbonyl (C=O) groups is 2. The van der Waals surface area contributed by atoms with Crippen molar-refractivity contribution < 1.29 is 18.8 Å². The molecule has 0 unspecified atom stereocenters. The van der Waals surface area contributed by atoms with Gasteiger partial charge in [0.1, 0.15) is 5.75 Å². The number of ketones is 1. The minimum absolute atomic E-state index is 0. The van der Waals surface area contributed by atoms with E-state index < -0.39 is 11.5 Å². The molecule has 0 fully saturated rings. The molecular weight excluding hydrogens is 563 g/mol. The van der Waals surface area contributed by atoms with E-state index in [1.54, 1.807) is 26.8 Å². The summed E-state index contributed by atoms with van der Waals surface area (Å²) in [5.41, 5.74) is 6.92. The first-order chi connectivity index (χ1) is 18.1. The first kappa shape index (κ1) is 32.6. The van der Waals surface area contributed by atoms with Crippen molar-refractivity contribution in [3.05, 3.63) is 75.4 Å². The van der Waals surface area contributed by atoms with Crippen molar-refractivity contribution >= 4 is 47.3 Å². The predicted molar refractivity (Wildman–Crippen MR) is 155 cm³/mol. The highest BCUT2D eigenvalue weighted by Crippen LogP contribution is 2.23. The van der Waals surface area contributed by atoms with Crippen LogP contribution in [0.4, 0.5) is 0 Å². The molecule has 39 heavy (non-hydrogen) atoms. The predicted octanol–water partition coefficient (Wildman–Crippen LogP) is 5.85. The number of ether oxygens (including phenoxy) is 1. The van der Waals surface area contributed by atoms with Crippen LogP contribution >= 0.6 is 35.6 Å². The van der Waals surface area contributed by atoms with Gasteiger partial charge in [0.15, 0.2) is 0 Å². The first-order valence-corrected chi connectivity index (χ1v) is 13.4. The fraction of sp³-hybridized carbons (Fsp3) is 0.429. The topological polar surface area (TPSA) is 120 Å². The van der Waals surface area contributed by atoms with E-state index in [0.717, 1.165) is 23.3 Å². The molecule has 1 heterocycles. The Balaban J connectivity index is 0.00000533. The number of aromatic nitrogens is 2. The van der Waals surface area contributed by atoms with Gasteiger partial charge in [-0.05, 0) is 61.2 Å². The van der Waals surface area contributed by atoms with Crippen LogP contribution in [-0.4, -0.2) is 41.0 Å². The number of nitrogens with one attached hydrogen (secondary N) is 1. The number of halogens is 3. The van der Waals surface area contributed by atoms with Gasteiger partial charge in [0.05, 0.1) is 29.1 Å². The van der Waals surface area contributed by atoms with Crippen LogP contribution in [0.1, 0.15) is 67.7 Å². The molecule has 0 saturated carbocycles. The van der Waals surface area contributed by atoms with Crippen LogP contribution in [0.5, 0.6) is 5.75 Å². The highest BCUT2D eigenvalue weighted by atomic mass is 35.5. The van der Waals surface area contributed by atoms with Crippen LogP contribution in [0, 0.1) is 5.41 Å². The summed E-state index contributed by atoms with van der Waals surface area (Å²) in [5.74, 6) is 0.399. The highest BCUT2D eigenvalue weighted by molar-refractivity contribution is 6.42. The van der Waals surface area contributed by atoms with Gasteiger partial charge >= 0.3 is 0 Å². The zero-order valence-corrected chi connectivity index (χ0v) is 24.7. The van der Waals surface area contributed by atoms with Gasteiger partial charge in [-0.3, -0.25) is 9.59 Å². The van der Waals surface area contributed by atoms with Crippen LogP contribution < -0.4 is 15.8 Å². The maximum absolute atomic E-state index is 13.1. The summed E-state index contributed by atoms with van der Waals surface area (Å²) in [6, 6.07) is 12.3. The lowest BCUT2D eigenvalue weighted by Crippen LogP contribution is -2.46. The highest BCUT2D eigenvalue weighted by Gasteiger charge is 2.30. The smallest absolute Gasteiger partial charge is 0.240 e. The van der Waals surface area contributed by atoms with Crippen LogP contribution in [0.15, 0.2) is 47.0 Å². The second-order valence-corrected chi connectivity index (χ2v) is 10.9. The van der Waals surface area contributed by atoms with Crippen molar-refractivity contribution in [3.8, 4) is 5.75 Å². The quantitative estimate of drug-likeness (QED) is 0.187. The third kappa shape index (κ3) is 10.1. The van der Waals surface area contributed by atoms with E-state index in [1.165, 1.54) is 0 Å². The zero-order chi connectivity index (χ0) is 27.7. The summed E-state index contributed by atoms with van der Waals surface area (Å²) in [7, 11) is 0. The number of nitrogens with zero attached hydrogens (tertiary/aromatic N) is 2. The molecule has 212 valence electrons. The molecule has 0 spiro atoms. The second kappa shape index (κ2) is 15.2. The second-order valence-electron chi connectivity index (χ2n) is 10.1. The Morgan fingerprint density at radius 3 is 2.38 bits per heavy atom. The first-order valence-electron chi connectivity index (χ1n) is 12.6. The van der Waals surface area contributed by atoms with Crippen molar-refractivity contribution in [1.82, 2.24) is 15.5 Å². The van der Waals surface area contributed by atoms with Crippen LogP contribution in [0.25, 0.3) is 0 Å². The number of Topliss-reactive ketones (excluding diaryl/α,β-unsaturated/α-hetero) is 1. The maximum atomic E-state index is 13.1. The number of rotatable bonds is 13. The lowest BCUT2D eigenvalue weighted by Gasteiger charge is -2.22. The molecule has 3 rings (SSSR count). The minimum atomic E-state index is -0.737. The van der Waals surface area contributed by atoms with Crippen LogP contribution in [0.2, 0.25) is 10.0 Å². The number of benzene rings is 2. The number of hydrogen-bond acceptors (Lipinski definition) is 7. The van der Waals surface area contributed by atoms with E-state index >= 15 is 0 Å². The average Bonchev–Trinajstić information content (AvgIpc) is 3.34. The standard InChI is InChI=1S/C28H34Cl2N4O4.ClH/c1-28(2,3)27(36)32-23(6-4-5-14-31)25(35)26-33-24(38-34-26)17-18-7-10-20(11-8-18)37-15-13-19-9-12-21(29)22(30)16-19;/h7-12,16,23H,4-6,13-15,17,31H2,1-3H3,(H,32,36);1H/t23-;/m0./s1. The molecule has 8 nitrogen and oxygen atoms in total. The Morgan fingerprint density at radius 1 is 1.05 bits per heavy atom. The third-order valence-electron chi connectivity index (χ3n) is 5.86. The van der Waals surface area contributed by atoms with Crippen molar-refractivity contribution in [2.75, 3.05) is 13.2 Å². The monoisotopic (exact) mass is 596 g/mol. The van der Waals surface area contributed by atoms with Crippen molar-refractivity contribution in [3.63, 3.8) is 0 Å². The molecule has 0 aliphatic carbocycles. The van der Waals surface area contributed by atoms with Gasteiger partial charge in [0.25, 0.3) is 0 Å². The lowest BCUT2D eigenvalue weighted by molar-refractivity contribution is -0.129. The average molecular weight is 598 g/mol. The molecule has 3 aromatic rings. The van der Waals surface area contributed by atoms with Crippen LogP contribution in [0.3, 0.4) is 0 Å². The Kier molecular flexibility index (Phi) is 12.7. The summed E-state index contributed by atoms with van der Waals surface area (Å²) in [6.45, 7) is 6.39. The lowest BCUT2D eigenvalue weighted by atomic mass is 9.94. The Hall–Kier alpha value is -2.65. The van der Waals surface area contributed by atoms with Gasteiger partial charge in [-0.1, -0.05) is 67.3 Å². The van der Waals surface area contributed by atoms with Crippen LogP contribution in [-0.2, 0) is 17.6 Å². The maximum Gasteiger partial charge on any atom is 0.240 e.